The largest absolute Gasteiger partial charge is 0.441 e. The molecule has 0 bridgehead atoms. The lowest BCUT2D eigenvalue weighted by molar-refractivity contribution is 0.262. The van der Waals surface area contributed by atoms with Crippen LogP contribution in [0.1, 0.15) is 11.6 Å². The highest BCUT2D eigenvalue weighted by Gasteiger charge is 2.09. The molecule has 2 heterocycles. The molecule has 0 saturated carbocycles. The number of amides is 2. The van der Waals surface area contributed by atoms with E-state index in [2.05, 4.69) is 20.7 Å². The maximum Gasteiger partial charge on any atom is 0.324 e. The van der Waals surface area contributed by atoms with Gasteiger partial charge in [-0.3, -0.25) is 10.00 Å². The number of aryl methyl sites for hydroxylation is 3. The van der Waals surface area contributed by atoms with Gasteiger partial charge in [0.05, 0.1) is 5.69 Å². The zero-order valence-corrected chi connectivity index (χ0v) is 12.0. The first-order valence-electron chi connectivity index (χ1n) is 6.47. The molecule has 7 nitrogen and oxygen atoms in total. The van der Waals surface area contributed by atoms with E-state index in [0.717, 1.165) is 5.69 Å². The summed E-state index contributed by atoms with van der Waals surface area (Å²) < 4.78 is 7.00. The zero-order chi connectivity index (χ0) is 15.0. The van der Waals surface area contributed by atoms with Crippen LogP contribution in [0.25, 0.3) is 11.1 Å². The van der Waals surface area contributed by atoms with Gasteiger partial charge in [-0.05, 0) is 25.1 Å². The SMILES string of the molecule is Cc1cc(NC(=O)Nc2ccc3oc(C)nc3c2)n(C)n1. The Morgan fingerprint density at radius 3 is 2.76 bits per heavy atom. The van der Waals surface area contributed by atoms with Crippen LogP contribution >= 0.6 is 0 Å². The van der Waals surface area contributed by atoms with Crippen LogP contribution in [-0.4, -0.2) is 20.8 Å². The van der Waals surface area contributed by atoms with Gasteiger partial charge in [-0.25, -0.2) is 9.78 Å². The first kappa shape index (κ1) is 13.2. The molecule has 0 spiro atoms. The second kappa shape index (κ2) is 4.93. The number of aromatic nitrogens is 3. The number of rotatable bonds is 2. The average molecular weight is 285 g/mol. The minimum atomic E-state index is -0.336. The van der Waals surface area contributed by atoms with Gasteiger partial charge in [0, 0.05) is 25.7 Å². The van der Waals surface area contributed by atoms with Gasteiger partial charge in [-0.1, -0.05) is 0 Å². The van der Waals surface area contributed by atoms with Crippen molar-refractivity contribution in [2.75, 3.05) is 10.6 Å². The summed E-state index contributed by atoms with van der Waals surface area (Å²) in [5.41, 5.74) is 2.89. The van der Waals surface area contributed by atoms with Crippen LogP contribution in [0.2, 0.25) is 0 Å². The highest BCUT2D eigenvalue weighted by Crippen LogP contribution is 2.20. The van der Waals surface area contributed by atoms with Crippen LogP contribution in [0.3, 0.4) is 0 Å². The Morgan fingerprint density at radius 2 is 2.05 bits per heavy atom. The van der Waals surface area contributed by atoms with E-state index in [0.29, 0.717) is 28.5 Å². The van der Waals surface area contributed by atoms with Crippen LogP contribution < -0.4 is 10.6 Å². The average Bonchev–Trinajstić information content (AvgIpc) is 2.90. The van der Waals surface area contributed by atoms with E-state index in [-0.39, 0.29) is 6.03 Å². The third-order valence-electron chi connectivity index (χ3n) is 3.00. The monoisotopic (exact) mass is 285 g/mol. The molecular weight excluding hydrogens is 270 g/mol. The van der Waals surface area contributed by atoms with Crippen molar-refractivity contribution < 1.29 is 9.21 Å². The summed E-state index contributed by atoms with van der Waals surface area (Å²) in [4.78, 5) is 16.2. The molecule has 108 valence electrons. The fourth-order valence-electron chi connectivity index (χ4n) is 2.13. The van der Waals surface area contributed by atoms with Crippen molar-refractivity contribution in [3.63, 3.8) is 0 Å². The van der Waals surface area contributed by atoms with E-state index in [9.17, 15) is 4.79 Å². The van der Waals surface area contributed by atoms with E-state index < -0.39 is 0 Å². The van der Waals surface area contributed by atoms with Gasteiger partial charge < -0.3 is 9.73 Å². The molecule has 3 rings (SSSR count). The smallest absolute Gasteiger partial charge is 0.324 e. The zero-order valence-electron chi connectivity index (χ0n) is 12.0. The standard InChI is InChI=1S/C14H15N5O2/c1-8-6-13(19(3)18-8)17-14(20)16-10-4-5-12-11(7-10)15-9(2)21-12/h4-7H,1-3H3,(H2,16,17,20). The van der Waals surface area contributed by atoms with Crippen molar-refractivity contribution in [1.82, 2.24) is 14.8 Å². The van der Waals surface area contributed by atoms with Crippen LogP contribution in [0, 0.1) is 13.8 Å². The number of anilines is 2. The van der Waals surface area contributed by atoms with Crippen molar-refractivity contribution in [2.24, 2.45) is 7.05 Å². The Labute approximate surface area is 121 Å². The van der Waals surface area contributed by atoms with Crippen molar-refractivity contribution in [3.05, 3.63) is 35.9 Å². The predicted octanol–water partition coefficient (Wildman–Crippen LogP) is 2.82. The summed E-state index contributed by atoms with van der Waals surface area (Å²) in [5.74, 6) is 1.22. The lowest BCUT2D eigenvalue weighted by Crippen LogP contribution is -2.20. The molecule has 0 unspecified atom stereocenters. The number of oxazole rings is 1. The highest BCUT2D eigenvalue weighted by molar-refractivity contribution is 6.00. The Hall–Kier alpha value is -2.83. The predicted molar refractivity (Wildman–Crippen MR) is 79.3 cm³/mol. The van der Waals surface area contributed by atoms with Gasteiger partial charge in [-0.15, -0.1) is 0 Å². The normalized spacial score (nSPS) is 10.8. The second-order valence-corrected chi connectivity index (χ2v) is 4.79. The molecule has 21 heavy (non-hydrogen) atoms. The minimum absolute atomic E-state index is 0.336. The van der Waals surface area contributed by atoms with Gasteiger partial charge in [-0.2, -0.15) is 5.10 Å². The molecule has 0 aliphatic heterocycles. The summed E-state index contributed by atoms with van der Waals surface area (Å²) in [5, 5.41) is 9.66. The van der Waals surface area contributed by atoms with Gasteiger partial charge in [0.15, 0.2) is 11.5 Å². The summed E-state index contributed by atoms with van der Waals surface area (Å²) >= 11 is 0. The Morgan fingerprint density at radius 1 is 1.24 bits per heavy atom. The quantitative estimate of drug-likeness (QED) is 0.758. The van der Waals surface area contributed by atoms with Crippen LogP contribution in [0.5, 0.6) is 0 Å². The molecule has 0 saturated heterocycles. The van der Waals surface area contributed by atoms with E-state index >= 15 is 0 Å². The number of nitrogens with one attached hydrogen (secondary N) is 2. The first-order chi connectivity index (χ1) is 10.0. The number of hydrogen-bond donors (Lipinski definition) is 2. The van der Waals surface area contributed by atoms with Gasteiger partial charge >= 0.3 is 6.03 Å². The molecule has 7 heteroatoms. The molecule has 0 radical (unpaired) electrons. The van der Waals surface area contributed by atoms with E-state index in [1.54, 1.807) is 42.9 Å². The minimum Gasteiger partial charge on any atom is -0.441 e. The van der Waals surface area contributed by atoms with Crippen molar-refractivity contribution in [2.45, 2.75) is 13.8 Å². The topological polar surface area (TPSA) is 85.0 Å². The van der Waals surface area contributed by atoms with Crippen molar-refractivity contribution in [1.29, 1.82) is 0 Å². The van der Waals surface area contributed by atoms with Crippen molar-refractivity contribution >= 4 is 28.6 Å². The Bertz CT molecular complexity index is 818. The summed E-state index contributed by atoms with van der Waals surface area (Å²) in [6.45, 7) is 3.65. The van der Waals surface area contributed by atoms with Crippen LogP contribution in [0.15, 0.2) is 28.7 Å². The number of urea groups is 1. The van der Waals surface area contributed by atoms with E-state index in [4.69, 9.17) is 4.42 Å². The molecule has 2 amide bonds. The van der Waals surface area contributed by atoms with Gasteiger partial charge in [0.1, 0.15) is 11.3 Å². The summed E-state index contributed by atoms with van der Waals surface area (Å²) in [6, 6.07) is 6.77. The lowest BCUT2D eigenvalue weighted by atomic mass is 10.3. The third-order valence-corrected chi connectivity index (χ3v) is 3.00. The van der Waals surface area contributed by atoms with Crippen LogP contribution in [-0.2, 0) is 7.05 Å². The van der Waals surface area contributed by atoms with E-state index in [1.807, 2.05) is 6.92 Å². The Kier molecular flexibility index (Phi) is 3.09. The third kappa shape index (κ3) is 2.71. The molecule has 2 N–H and O–H groups in total. The summed E-state index contributed by atoms with van der Waals surface area (Å²) in [7, 11) is 1.77. The van der Waals surface area contributed by atoms with Gasteiger partial charge in [0.25, 0.3) is 0 Å². The highest BCUT2D eigenvalue weighted by atomic mass is 16.3. The summed E-state index contributed by atoms with van der Waals surface area (Å²) in [6.07, 6.45) is 0. The molecular formula is C14H15N5O2. The fraction of sp³-hybridized carbons (Fsp3) is 0.214. The number of hydrogen-bond acceptors (Lipinski definition) is 4. The maximum atomic E-state index is 12.0. The molecule has 0 atom stereocenters. The fourth-order valence-corrected chi connectivity index (χ4v) is 2.13. The number of nitrogens with zero attached hydrogens (tertiary/aromatic N) is 3. The molecule has 0 fully saturated rings. The molecule has 1 aromatic carbocycles. The number of benzene rings is 1. The van der Waals surface area contributed by atoms with Gasteiger partial charge in [0.2, 0.25) is 0 Å². The Balaban J connectivity index is 1.75. The number of fused-ring (bicyclic) bond motifs is 1. The van der Waals surface area contributed by atoms with E-state index in [1.165, 1.54) is 0 Å². The van der Waals surface area contributed by atoms with Crippen molar-refractivity contribution in [3.8, 4) is 0 Å². The molecule has 3 aromatic rings. The van der Waals surface area contributed by atoms with Crippen LogP contribution in [0.4, 0.5) is 16.3 Å². The second-order valence-electron chi connectivity index (χ2n) is 4.79. The number of carbonyl (C=O) groups is 1. The first-order valence-corrected chi connectivity index (χ1v) is 6.47. The molecule has 2 aromatic heterocycles. The lowest BCUT2D eigenvalue weighted by Gasteiger charge is -2.07. The number of carbonyl (C=O) groups excluding carboxylic acids is 1. The maximum absolute atomic E-state index is 12.0. The molecule has 0 aliphatic carbocycles. The molecule has 0 aliphatic rings.